The van der Waals surface area contributed by atoms with Crippen LogP contribution in [0.5, 0.6) is 0 Å². The van der Waals surface area contributed by atoms with E-state index in [1.807, 2.05) is 19.2 Å². The normalized spacial score (nSPS) is 19.0. The Hall–Kier alpha value is -1.85. The maximum Gasteiger partial charge on any atom is 0.243 e. The average Bonchev–Trinajstić information content (AvgIpc) is 3.00. The summed E-state index contributed by atoms with van der Waals surface area (Å²) in [4.78, 5) is 23.8. The summed E-state index contributed by atoms with van der Waals surface area (Å²) >= 11 is 0. The topological polar surface area (TPSA) is 90.0 Å². The van der Waals surface area contributed by atoms with Crippen LogP contribution in [0.1, 0.15) is 32.6 Å². The summed E-state index contributed by atoms with van der Waals surface area (Å²) in [7, 11) is 0. The highest BCUT2D eigenvalue weighted by Crippen LogP contribution is 2.29. The molecule has 0 aliphatic heterocycles. The third-order valence-corrected chi connectivity index (χ3v) is 3.76. The summed E-state index contributed by atoms with van der Waals surface area (Å²) in [5, 5.41) is 6.92. The summed E-state index contributed by atoms with van der Waals surface area (Å²) in [6.45, 7) is 2.31. The molecule has 1 saturated carbocycles. The highest BCUT2D eigenvalue weighted by atomic mass is 16.2. The lowest BCUT2D eigenvalue weighted by Gasteiger charge is -2.28. The van der Waals surface area contributed by atoms with E-state index in [4.69, 9.17) is 5.73 Å². The lowest BCUT2D eigenvalue weighted by molar-refractivity contribution is -0.133. The minimum absolute atomic E-state index is 0.142. The highest BCUT2D eigenvalue weighted by molar-refractivity contribution is 5.91. The molecule has 2 amide bonds. The quantitative estimate of drug-likeness (QED) is 0.808. The van der Waals surface area contributed by atoms with E-state index in [0.717, 1.165) is 12.8 Å². The van der Waals surface area contributed by atoms with Crippen LogP contribution in [0, 0.1) is 5.92 Å². The number of amides is 2. The van der Waals surface area contributed by atoms with Gasteiger partial charge in [0.05, 0.1) is 12.5 Å². The van der Waals surface area contributed by atoms with Crippen molar-refractivity contribution in [2.24, 2.45) is 11.7 Å². The first-order valence-corrected chi connectivity index (χ1v) is 6.63. The van der Waals surface area contributed by atoms with Crippen LogP contribution in [0.15, 0.2) is 18.5 Å². The third-order valence-electron chi connectivity index (χ3n) is 3.76. The van der Waals surface area contributed by atoms with Gasteiger partial charge in [0.25, 0.3) is 0 Å². The van der Waals surface area contributed by atoms with Crippen LogP contribution in [-0.4, -0.2) is 27.1 Å². The zero-order chi connectivity index (χ0) is 13.9. The van der Waals surface area contributed by atoms with E-state index in [0.29, 0.717) is 19.4 Å². The van der Waals surface area contributed by atoms with E-state index < -0.39 is 11.4 Å². The van der Waals surface area contributed by atoms with E-state index in [1.54, 1.807) is 10.9 Å². The number of carbonyl (C=O) groups is 2. The van der Waals surface area contributed by atoms with Gasteiger partial charge in [-0.1, -0.05) is 19.8 Å². The molecular weight excluding hydrogens is 244 g/mol. The van der Waals surface area contributed by atoms with Gasteiger partial charge in [0.2, 0.25) is 11.8 Å². The van der Waals surface area contributed by atoms with Crippen molar-refractivity contribution in [3.05, 3.63) is 18.5 Å². The Morgan fingerprint density at radius 2 is 2.16 bits per heavy atom. The largest absolute Gasteiger partial charge is 0.368 e. The van der Waals surface area contributed by atoms with Crippen molar-refractivity contribution < 1.29 is 9.59 Å². The summed E-state index contributed by atoms with van der Waals surface area (Å²) in [5.74, 6) is -0.822. The number of rotatable bonds is 5. The van der Waals surface area contributed by atoms with Gasteiger partial charge < -0.3 is 11.1 Å². The van der Waals surface area contributed by atoms with E-state index in [9.17, 15) is 9.59 Å². The fourth-order valence-electron chi connectivity index (χ4n) is 2.54. The average molecular weight is 264 g/mol. The number of carbonyl (C=O) groups excluding carboxylic acids is 2. The second-order valence-electron chi connectivity index (χ2n) is 5.27. The summed E-state index contributed by atoms with van der Waals surface area (Å²) in [6.07, 6.45) is 6.62. The Kier molecular flexibility index (Phi) is 3.87. The molecule has 19 heavy (non-hydrogen) atoms. The monoisotopic (exact) mass is 264 g/mol. The lowest BCUT2D eigenvalue weighted by Crippen LogP contribution is -2.57. The van der Waals surface area contributed by atoms with E-state index >= 15 is 0 Å². The van der Waals surface area contributed by atoms with E-state index in [1.165, 1.54) is 0 Å². The fraction of sp³-hybridized carbons (Fsp3) is 0.615. The van der Waals surface area contributed by atoms with Gasteiger partial charge in [-0.25, -0.2) is 0 Å². The molecule has 2 rings (SSSR count). The summed E-state index contributed by atoms with van der Waals surface area (Å²) < 4.78 is 1.70. The lowest BCUT2D eigenvalue weighted by atomic mass is 9.95. The molecule has 0 spiro atoms. The van der Waals surface area contributed by atoms with Crippen molar-refractivity contribution in [2.45, 2.75) is 44.7 Å². The molecule has 1 aliphatic rings. The van der Waals surface area contributed by atoms with Crippen molar-refractivity contribution in [2.75, 3.05) is 0 Å². The van der Waals surface area contributed by atoms with Gasteiger partial charge in [0.1, 0.15) is 5.54 Å². The van der Waals surface area contributed by atoms with Gasteiger partial charge in [0, 0.05) is 12.4 Å². The maximum absolute atomic E-state index is 12.2. The van der Waals surface area contributed by atoms with Gasteiger partial charge in [-0.15, -0.1) is 0 Å². The van der Waals surface area contributed by atoms with E-state index in [2.05, 4.69) is 10.4 Å². The van der Waals surface area contributed by atoms with Gasteiger partial charge in [-0.05, 0) is 18.9 Å². The number of hydrogen-bond acceptors (Lipinski definition) is 3. The Morgan fingerprint density at radius 3 is 2.68 bits per heavy atom. The van der Waals surface area contributed by atoms with Gasteiger partial charge in [-0.3, -0.25) is 14.3 Å². The molecule has 0 radical (unpaired) electrons. The number of nitrogens with two attached hydrogens (primary N) is 1. The fourth-order valence-corrected chi connectivity index (χ4v) is 2.54. The number of nitrogens with one attached hydrogen (secondary N) is 1. The van der Waals surface area contributed by atoms with Crippen LogP contribution in [0.3, 0.4) is 0 Å². The number of nitrogens with zero attached hydrogens (tertiary/aromatic N) is 2. The van der Waals surface area contributed by atoms with Crippen molar-refractivity contribution in [3.8, 4) is 0 Å². The van der Waals surface area contributed by atoms with Crippen molar-refractivity contribution in [3.63, 3.8) is 0 Å². The molecule has 1 aromatic heterocycles. The van der Waals surface area contributed by atoms with Gasteiger partial charge in [0.15, 0.2) is 0 Å². The van der Waals surface area contributed by atoms with Crippen molar-refractivity contribution >= 4 is 11.8 Å². The van der Waals surface area contributed by atoms with Crippen LogP contribution in [0.4, 0.5) is 0 Å². The molecule has 6 heteroatoms. The first-order chi connectivity index (χ1) is 9.03. The van der Waals surface area contributed by atoms with Crippen LogP contribution >= 0.6 is 0 Å². The van der Waals surface area contributed by atoms with Crippen LogP contribution in [0.25, 0.3) is 0 Å². The second-order valence-corrected chi connectivity index (χ2v) is 5.27. The smallest absolute Gasteiger partial charge is 0.243 e. The second kappa shape index (κ2) is 5.42. The molecule has 1 heterocycles. The zero-order valence-corrected chi connectivity index (χ0v) is 11.1. The van der Waals surface area contributed by atoms with Gasteiger partial charge >= 0.3 is 0 Å². The first kappa shape index (κ1) is 13.6. The molecule has 0 saturated heterocycles. The molecule has 0 aromatic carbocycles. The predicted molar refractivity (Wildman–Crippen MR) is 69.9 cm³/mol. The van der Waals surface area contributed by atoms with Crippen LogP contribution in [0.2, 0.25) is 0 Å². The molecule has 3 N–H and O–H groups in total. The summed E-state index contributed by atoms with van der Waals surface area (Å²) in [5.41, 5.74) is 4.61. The molecule has 1 unspecified atom stereocenters. The minimum atomic E-state index is -0.838. The molecule has 104 valence electrons. The molecule has 6 nitrogen and oxygen atoms in total. The molecule has 1 aliphatic carbocycles. The molecule has 1 atom stereocenters. The Labute approximate surface area is 112 Å². The SMILES string of the molecule is CC(Cn1cccn1)C(=O)NC1(C(N)=O)CCCC1. The zero-order valence-electron chi connectivity index (χ0n) is 11.1. The van der Waals surface area contributed by atoms with Gasteiger partial charge in [-0.2, -0.15) is 5.10 Å². The molecule has 1 aromatic rings. The Morgan fingerprint density at radius 1 is 1.47 bits per heavy atom. The Bertz CT molecular complexity index is 449. The van der Waals surface area contributed by atoms with Crippen molar-refractivity contribution in [1.82, 2.24) is 15.1 Å². The molecule has 0 bridgehead atoms. The highest BCUT2D eigenvalue weighted by Gasteiger charge is 2.41. The number of primary amides is 1. The standard InChI is InChI=1S/C13H20N4O2/c1-10(9-17-8-4-7-15-17)11(18)16-13(12(14)19)5-2-3-6-13/h4,7-8,10H,2-3,5-6,9H2,1H3,(H2,14,19)(H,16,18). The molecular formula is C13H20N4O2. The number of hydrogen-bond donors (Lipinski definition) is 2. The third kappa shape index (κ3) is 2.94. The van der Waals surface area contributed by atoms with Crippen molar-refractivity contribution in [1.29, 1.82) is 0 Å². The minimum Gasteiger partial charge on any atom is -0.368 e. The summed E-state index contributed by atoms with van der Waals surface area (Å²) in [6, 6.07) is 1.81. The maximum atomic E-state index is 12.2. The first-order valence-electron chi connectivity index (χ1n) is 6.63. The predicted octanol–water partition coefficient (Wildman–Crippen LogP) is 0.433. The van der Waals surface area contributed by atoms with Crippen LogP contribution < -0.4 is 11.1 Å². The molecule has 1 fully saturated rings. The Balaban J connectivity index is 1.97. The number of aromatic nitrogens is 2. The van der Waals surface area contributed by atoms with E-state index in [-0.39, 0.29) is 11.8 Å². The van der Waals surface area contributed by atoms with Crippen LogP contribution in [-0.2, 0) is 16.1 Å².